The van der Waals surface area contributed by atoms with Gasteiger partial charge >= 0.3 is 0 Å². The summed E-state index contributed by atoms with van der Waals surface area (Å²) in [6, 6.07) is 59.6. The molecule has 4 nitrogen and oxygen atoms in total. The topological polar surface area (TPSA) is 43.6 Å². The summed E-state index contributed by atoms with van der Waals surface area (Å²) in [5.74, 6) is 1.94. The molecular formula is C45H28N4S. The van der Waals surface area contributed by atoms with Crippen molar-refractivity contribution in [1.29, 1.82) is 0 Å². The summed E-state index contributed by atoms with van der Waals surface area (Å²) in [6.07, 6.45) is 0. The van der Waals surface area contributed by atoms with Crippen LogP contribution >= 0.6 is 11.3 Å². The predicted octanol–water partition coefficient (Wildman–Crippen LogP) is 12.0. The van der Waals surface area contributed by atoms with Crippen molar-refractivity contribution < 1.29 is 0 Å². The number of aromatic nitrogens is 4. The molecule has 10 aromatic rings. The molecule has 5 heteroatoms. The van der Waals surface area contributed by atoms with Gasteiger partial charge in [-0.25, -0.2) is 15.0 Å². The third-order valence-electron chi connectivity index (χ3n) is 9.48. The number of para-hydroxylation sites is 2. The highest BCUT2D eigenvalue weighted by Crippen LogP contribution is 2.41. The molecule has 50 heavy (non-hydrogen) atoms. The molecule has 0 amide bonds. The van der Waals surface area contributed by atoms with Crippen molar-refractivity contribution in [2.24, 2.45) is 0 Å². The van der Waals surface area contributed by atoms with Crippen LogP contribution in [0.2, 0.25) is 0 Å². The molecule has 0 fully saturated rings. The molecule has 234 valence electrons. The van der Waals surface area contributed by atoms with E-state index in [1.54, 1.807) is 0 Å². The number of nitrogens with zero attached hydrogens (tertiary/aromatic N) is 4. The van der Waals surface area contributed by atoms with Crippen molar-refractivity contribution >= 4 is 53.3 Å². The van der Waals surface area contributed by atoms with Crippen LogP contribution in [-0.4, -0.2) is 19.5 Å². The fraction of sp³-hybridized carbons (Fsp3) is 0. The van der Waals surface area contributed by atoms with Gasteiger partial charge in [-0.15, -0.1) is 11.3 Å². The van der Waals surface area contributed by atoms with E-state index in [9.17, 15) is 0 Å². The Morgan fingerprint density at radius 3 is 1.74 bits per heavy atom. The Bertz CT molecular complexity index is 2850. The van der Waals surface area contributed by atoms with E-state index >= 15 is 0 Å². The van der Waals surface area contributed by atoms with Gasteiger partial charge in [0.1, 0.15) is 0 Å². The van der Waals surface area contributed by atoms with Gasteiger partial charge in [0, 0.05) is 53.3 Å². The van der Waals surface area contributed by atoms with E-state index in [1.807, 2.05) is 29.5 Å². The Kier molecular flexibility index (Phi) is 6.64. The first-order chi connectivity index (χ1) is 24.8. The summed E-state index contributed by atoms with van der Waals surface area (Å²) in [4.78, 5) is 15.4. The molecular weight excluding hydrogens is 629 g/mol. The highest BCUT2D eigenvalue weighted by atomic mass is 32.1. The van der Waals surface area contributed by atoms with Crippen LogP contribution in [0.4, 0.5) is 0 Å². The van der Waals surface area contributed by atoms with Gasteiger partial charge < -0.3 is 4.57 Å². The summed E-state index contributed by atoms with van der Waals surface area (Å²) in [5, 5.41) is 4.88. The van der Waals surface area contributed by atoms with E-state index < -0.39 is 0 Å². The smallest absolute Gasteiger partial charge is 0.164 e. The largest absolute Gasteiger partial charge is 0.309 e. The summed E-state index contributed by atoms with van der Waals surface area (Å²) in [6.45, 7) is 0. The van der Waals surface area contributed by atoms with Gasteiger partial charge in [-0.05, 0) is 41.5 Å². The number of hydrogen-bond donors (Lipinski definition) is 0. The van der Waals surface area contributed by atoms with Crippen LogP contribution in [0.5, 0.6) is 0 Å². The Labute approximate surface area is 292 Å². The van der Waals surface area contributed by atoms with E-state index in [4.69, 9.17) is 15.0 Å². The van der Waals surface area contributed by atoms with Crippen LogP contribution in [0.3, 0.4) is 0 Å². The Morgan fingerprint density at radius 1 is 0.380 bits per heavy atom. The lowest BCUT2D eigenvalue weighted by Crippen LogP contribution is -2.00. The third-order valence-corrected chi connectivity index (χ3v) is 10.7. The van der Waals surface area contributed by atoms with Crippen molar-refractivity contribution in [1.82, 2.24) is 19.5 Å². The van der Waals surface area contributed by atoms with Crippen LogP contribution in [-0.2, 0) is 0 Å². The first-order valence-corrected chi connectivity index (χ1v) is 17.5. The lowest BCUT2D eigenvalue weighted by atomic mass is 10.0. The van der Waals surface area contributed by atoms with Crippen LogP contribution in [0.15, 0.2) is 170 Å². The molecule has 0 aliphatic rings. The first-order valence-electron chi connectivity index (χ1n) is 16.7. The van der Waals surface area contributed by atoms with Crippen molar-refractivity contribution in [2.75, 3.05) is 0 Å². The van der Waals surface area contributed by atoms with Crippen LogP contribution < -0.4 is 0 Å². The molecule has 0 unspecified atom stereocenters. The molecule has 0 saturated carbocycles. The normalized spacial score (nSPS) is 11.6. The second-order valence-corrected chi connectivity index (χ2v) is 13.5. The SMILES string of the molecule is c1ccc(-c2nc(-c3ccc(-c4cccc5c4sc4ccccc45)cc3)nc(-c3cccc4c3c3ccccc3n4-c3ccccc3)n2)cc1. The van der Waals surface area contributed by atoms with Crippen molar-refractivity contribution in [3.05, 3.63) is 170 Å². The fourth-order valence-electron chi connectivity index (χ4n) is 7.18. The highest BCUT2D eigenvalue weighted by Gasteiger charge is 2.19. The van der Waals surface area contributed by atoms with Gasteiger partial charge in [-0.2, -0.15) is 0 Å². The molecule has 0 aliphatic heterocycles. The zero-order valence-corrected chi connectivity index (χ0v) is 27.7. The van der Waals surface area contributed by atoms with Gasteiger partial charge in [-0.3, -0.25) is 0 Å². The van der Waals surface area contributed by atoms with Crippen molar-refractivity contribution in [2.45, 2.75) is 0 Å². The standard InChI is InChI=1S/C45H28N4S/c1-3-13-30(14-4-1)43-46-44(31-27-25-29(26-28-31)33-19-11-20-35-34-17-8-10-24-40(34)50-42(33)35)48-45(47-43)37-21-12-23-39-41(37)36-18-7-9-22-38(36)49(39)32-15-5-2-6-16-32/h1-28H. The number of rotatable bonds is 5. The summed E-state index contributed by atoms with van der Waals surface area (Å²) in [7, 11) is 0. The summed E-state index contributed by atoms with van der Waals surface area (Å²) in [5.41, 5.74) is 8.63. The number of fused-ring (bicyclic) bond motifs is 6. The minimum absolute atomic E-state index is 0.643. The number of hydrogen-bond acceptors (Lipinski definition) is 4. The molecule has 7 aromatic carbocycles. The third kappa shape index (κ3) is 4.63. The Balaban J connectivity index is 1.15. The van der Waals surface area contributed by atoms with E-state index in [0.29, 0.717) is 17.5 Å². The minimum atomic E-state index is 0.643. The highest BCUT2D eigenvalue weighted by molar-refractivity contribution is 7.26. The maximum atomic E-state index is 5.19. The molecule has 0 N–H and O–H groups in total. The van der Waals surface area contributed by atoms with Gasteiger partial charge in [0.2, 0.25) is 0 Å². The lowest BCUT2D eigenvalue weighted by Gasteiger charge is -2.11. The molecule has 0 radical (unpaired) electrons. The maximum absolute atomic E-state index is 5.19. The number of thiophene rings is 1. The molecule has 3 heterocycles. The van der Waals surface area contributed by atoms with E-state index in [0.717, 1.165) is 44.2 Å². The molecule has 0 atom stereocenters. The lowest BCUT2D eigenvalue weighted by molar-refractivity contribution is 1.08. The van der Waals surface area contributed by atoms with Crippen LogP contribution in [0.1, 0.15) is 0 Å². The quantitative estimate of drug-likeness (QED) is 0.185. The average molecular weight is 657 g/mol. The van der Waals surface area contributed by atoms with E-state index in [2.05, 4.69) is 156 Å². The monoisotopic (exact) mass is 656 g/mol. The van der Waals surface area contributed by atoms with E-state index in [-0.39, 0.29) is 0 Å². The van der Waals surface area contributed by atoms with E-state index in [1.165, 1.54) is 31.3 Å². The van der Waals surface area contributed by atoms with Crippen molar-refractivity contribution in [3.8, 4) is 51.0 Å². The average Bonchev–Trinajstić information content (AvgIpc) is 3.75. The minimum Gasteiger partial charge on any atom is -0.309 e. The molecule has 0 bridgehead atoms. The Hall–Kier alpha value is -6.43. The molecule has 0 spiro atoms. The van der Waals surface area contributed by atoms with Gasteiger partial charge in [-0.1, -0.05) is 140 Å². The van der Waals surface area contributed by atoms with Gasteiger partial charge in [0.15, 0.2) is 17.5 Å². The zero-order valence-electron chi connectivity index (χ0n) is 26.9. The fourth-order valence-corrected chi connectivity index (χ4v) is 8.41. The number of benzene rings is 7. The molecule has 0 aliphatic carbocycles. The second-order valence-electron chi connectivity index (χ2n) is 12.4. The molecule has 10 rings (SSSR count). The summed E-state index contributed by atoms with van der Waals surface area (Å²) >= 11 is 1.85. The van der Waals surface area contributed by atoms with Gasteiger partial charge in [0.05, 0.1) is 11.0 Å². The second kappa shape index (κ2) is 11.6. The van der Waals surface area contributed by atoms with Crippen molar-refractivity contribution in [3.63, 3.8) is 0 Å². The molecule has 0 saturated heterocycles. The van der Waals surface area contributed by atoms with Gasteiger partial charge in [0.25, 0.3) is 0 Å². The summed E-state index contributed by atoms with van der Waals surface area (Å²) < 4.78 is 4.93. The van der Waals surface area contributed by atoms with Crippen LogP contribution in [0, 0.1) is 0 Å². The van der Waals surface area contributed by atoms with Crippen LogP contribution in [0.25, 0.3) is 93.0 Å². The maximum Gasteiger partial charge on any atom is 0.164 e. The zero-order chi connectivity index (χ0) is 33.0. The predicted molar refractivity (Wildman–Crippen MR) is 209 cm³/mol. The first kappa shape index (κ1) is 28.6. The molecule has 3 aromatic heterocycles. The Morgan fingerprint density at radius 2 is 0.940 bits per heavy atom.